The quantitative estimate of drug-likeness (QED) is 0.766. The van der Waals surface area contributed by atoms with E-state index in [0.717, 1.165) is 0 Å². The average molecular weight is 265 g/mol. The minimum Gasteiger partial charge on any atom is -0.493 e. The van der Waals surface area contributed by atoms with Crippen LogP contribution in [0.25, 0.3) is 0 Å². The molecule has 4 heteroatoms. The van der Waals surface area contributed by atoms with E-state index in [1.165, 1.54) is 0 Å². The third-order valence-electron chi connectivity index (χ3n) is 2.56. The Balaban J connectivity index is 2.73. The molecule has 0 unspecified atom stereocenters. The summed E-state index contributed by atoms with van der Waals surface area (Å²) in [7, 11) is 1.82. The van der Waals surface area contributed by atoms with Crippen LogP contribution in [0.1, 0.15) is 31.1 Å². The second kappa shape index (κ2) is 6.68. The van der Waals surface area contributed by atoms with E-state index in [1.54, 1.807) is 26.0 Å². The van der Waals surface area contributed by atoms with Gasteiger partial charge in [0.05, 0.1) is 24.3 Å². The summed E-state index contributed by atoms with van der Waals surface area (Å²) in [6, 6.07) is 7.24. The van der Waals surface area contributed by atoms with Gasteiger partial charge in [-0.1, -0.05) is 12.1 Å². The van der Waals surface area contributed by atoms with Crippen LogP contribution in [0, 0.1) is 0 Å². The second-order valence-electron chi connectivity index (χ2n) is 5.34. The van der Waals surface area contributed by atoms with Crippen molar-refractivity contribution in [2.24, 2.45) is 0 Å². The smallest absolute Gasteiger partial charge is 0.180 e. The summed E-state index contributed by atoms with van der Waals surface area (Å²) in [5.41, 5.74) is -0.221. The molecule has 19 heavy (non-hydrogen) atoms. The fourth-order valence-corrected chi connectivity index (χ4v) is 2.03. The summed E-state index contributed by atoms with van der Waals surface area (Å²) in [5, 5.41) is 9.73. The number of nitrogens with zero attached hydrogens (tertiary/aromatic N) is 1. The number of likely N-dealkylation sites (N-methyl/N-ethyl adjacent to an activating group) is 1. The molecule has 106 valence electrons. The summed E-state index contributed by atoms with van der Waals surface area (Å²) in [6.45, 7) is 6.57. The van der Waals surface area contributed by atoms with Crippen LogP contribution in [-0.4, -0.2) is 48.1 Å². The molecule has 0 aliphatic heterocycles. The number of ketones is 1. The number of para-hydroxylation sites is 1. The SMILES string of the molecule is CCOc1ccccc1C(=O)CN(C)CC(C)(C)O. The van der Waals surface area contributed by atoms with E-state index in [2.05, 4.69) is 0 Å². The van der Waals surface area contributed by atoms with Gasteiger partial charge in [0.1, 0.15) is 5.75 Å². The van der Waals surface area contributed by atoms with Gasteiger partial charge in [-0.3, -0.25) is 9.69 Å². The minimum absolute atomic E-state index is 0.00389. The first-order chi connectivity index (χ1) is 8.83. The topological polar surface area (TPSA) is 49.8 Å². The first-order valence-corrected chi connectivity index (χ1v) is 6.49. The standard InChI is InChI=1S/C15H23NO3/c1-5-19-14-9-7-6-8-12(14)13(17)10-16(4)11-15(2,3)18/h6-9,18H,5,10-11H2,1-4H3. The number of carbonyl (C=O) groups excluding carboxylic acids is 1. The molecule has 4 nitrogen and oxygen atoms in total. The zero-order chi connectivity index (χ0) is 14.5. The predicted octanol–water partition coefficient (Wildman–Crippen LogP) is 1.97. The van der Waals surface area contributed by atoms with Crippen LogP contribution < -0.4 is 4.74 Å². The third kappa shape index (κ3) is 5.41. The molecule has 0 amide bonds. The van der Waals surface area contributed by atoms with E-state index >= 15 is 0 Å². The number of carbonyl (C=O) groups is 1. The Morgan fingerprint density at radius 3 is 2.58 bits per heavy atom. The Kier molecular flexibility index (Phi) is 5.51. The van der Waals surface area contributed by atoms with Crippen molar-refractivity contribution in [3.63, 3.8) is 0 Å². The number of ether oxygens (including phenoxy) is 1. The Labute approximate surface area is 115 Å². The highest BCUT2D eigenvalue weighted by Gasteiger charge is 2.19. The second-order valence-corrected chi connectivity index (χ2v) is 5.34. The summed E-state index contributed by atoms with van der Waals surface area (Å²) in [4.78, 5) is 14.0. The fraction of sp³-hybridized carbons (Fsp3) is 0.533. The zero-order valence-electron chi connectivity index (χ0n) is 12.1. The molecule has 0 atom stereocenters. The van der Waals surface area contributed by atoms with Gasteiger partial charge in [0.25, 0.3) is 0 Å². The highest BCUT2D eigenvalue weighted by Crippen LogP contribution is 2.19. The number of hydrogen-bond donors (Lipinski definition) is 1. The predicted molar refractivity (Wildman–Crippen MR) is 75.7 cm³/mol. The molecule has 0 aromatic heterocycles. The summed E-state index contributed by atoms with van der Waals surface area (Å²) in [5.74, 6) is 0.613. The Bertz CT molecular complexity index is 424. The Hall–Kier alpha value is -1.39. The van der Waals surface area contributed by atoms with Crippen LogP contribution in [0.3, 0.4) is 0 Å². The lowest BCUT2D eigenvalue weighted by atomic mass is 10.1. The molecule has 1 N–H and O–H groups in total. The van der Waals surface area contributed by atoms with Crippen LogP contribution in [0.2, 0.25) is 0 Å². The molecule has 0 fully saturated rings. The van der Waals surface area contributed by atoms with E-state index in [4.69, 9.17) is 4.74 Å². The number of aliphatic hydroxyl groups is 1. The first-order valence-electron chi connectivity index (χ1n) is 6.49. The van der Waals surface area contributed by atoms with Gasteiger partial charge in [0.15, 0.2) is 5.78 Å². The van der Waals surface area contributed by atoms with Gasteiger partial charge >= 0.3 is 0 Å². The van der Waals surface area contributed by atoms with Gasteiger partial charge in [0.2, 0.25) is 0 Å². The number of rotatable bonds is 7. The molecule has 1 rings (SSSR count). The number of hydrogen-bond acceptors (Lipinski definition) is 4. The Morgan fingerprint density at radius 1 is 1.37 bits per heavy atom. The molecule has 0 saturated carbocycles. The summed E-state index contributed by atoms with van der Waals surface area (Å²) < 4.78 is 5.45. The van der Waals surface area contributed by atoms with Gasteiger partial charge in [-0.05, 0) is 40.0 Å². The van der Waals surface area contributed by atoms with Crippen molar-refractivity contribution in [1.29, 1.82) is 0 Å². The van der Waals surface area contributed by atoms with Crippen molar-refractivity contribution in [2.45, 2.75) is 26.4 Å². The molecule has 0 radical (unpaired) electrons. The van der Waals surface area contributed by atoms with Crippen LogP contribution >= 0.6 is 0 Å². The molecule has 1 aromatic carbocycles. The van der Waals surface area contributed by atoms with Gasteiger partial charge in [-0.2, -0.15) is 0 Å². The van der Waals surface area contributed by atoms with Crippen molar-refractivity contribution in [3.05, 3.63) is 29.8 Å². The van der Waals surface area contributed by atoms with E-state index in [9.17, 15) is 9.90 Å². The monoisotopic (exact) mass is 265 g/mol. The van der Waals surface area contributed by atoms with Crippen molar-refractivity contribution in [1.82, 2.24) is 4.90 Å². The van der Waals surface area contributed by atoms with Crippen molar-refractivity contribution < 1.29 is 14.6 Å². The van der Waals surface area contributed by atoms with Crippen molar-refractivity contribution in [3.8, 4) is 5.75 Å². The van der Waals surface area contributed by atoms with E-state index in [1.807, 2.05) is 31.0 Å². The molecule has 1 aromatic rings. The lowest BCUT2D eigenvalue weighted by Crippen LogP contribution is -2.38. The number of benzene rings is 1. The summed E-state index contributed by atoms with van der Waals surface area (Å²) in [6.07, 6.45) is 0. The van der Waals surface area contributed by atoms with Crippen molar-refractivity contribution in [2.75, 3.05) is 26.7 Å². The average Bonchev–Trinajstić information content (AvgIpc) is 2.27. The highest BCUT2D eigenvalue weighted by atomic mass is 16.5. The van der Waals surface area contributed by atoms with Crippen LogP contribution in [0.15, 0.2) is 24.3 Å². The van der Waals surface area contributed by atoms with Crippen LogP contribution in [-0.2, 0) is 0 Å². The van der Waals surface area contributed by atoms with Gasteiger partial charge in [0, 0.05) is 6.54 Å². The maximum atomic E-state index is 12.2. The molecule has 0 aliphatic rings. The fourth-order valence-electron chi connectivity index (χ4n) is 2.03. The van der Waals surface area contributed by atoms with E-state index in [-0.39, 0.29) is 12.3 Å². The molecule has 0 heterocycles. The molecule has 0 bridgehead atoms. The highest BCUT2D eigenvalue weighted by molar-refractivity contribution is 6.00. The van der Waals surface area contributed by atoms with Crippen LogP contribution in [0.5, 0.6) is 5.75 Å². The van der Waals surface area contributed by atoms with Gasteiger partial charge in [-0.25, -0.2) is 0 Å². The Morgan fingerprint density at radius 2 is 2.00 bits per heavy atom. The molecule has 0 aliphatic carbocycles. The molecular weight excluding hydrogens is 242 g/mol. The normalized spacial score (nSPS) is 11.7. The summed E-state index contributed by atoms with van der Waals surface area (Å²) >= 11 is 0. The maximum absolute atomic E-state index is 12.2. The minimum atomic E-state index is -0.811. The lowest BCUT2D eigenvalue weighted by Gasteiger charge is -2.25. The van der Waals surface area contributed by atoms with E-state index < -0.39 is 5.60 Å². The largest absolute Gasteiger partial charge is 0.493 e. The van der Waals surface area contributed by atoms with Crippen molar-refractivity contribution >= 4 is 5.78 Å². The molecular formula is C15H23NO3. The maximum Gasteiger partial charge on any atom is 0.180 e. The zero-order valence-corrected chi connectivity index (χ0v) is 12.1. The third-order valence-corrected chi connectivity index (χ3v) is 2.56. The van der Waals surface area contributed by atoms with Gasteiger partial charge in [-0.15, -0.1) is 0 Å². The molecule has 0 saturated heterocycles. The van der Waals surface area contributed by atoms with Crippen LogP contribution in [0.4, 0.5) is 0 Å². The van der Waals surface area contributed by atoms with Gasteiger partial charge < -0.3 is 9.84 Å². The lowest BCUT2D eigenvalue weighted by molar-refractivity contribution is 0.0439. The number of Topliss-reactive ketones (excluding diaryl/α,β-unsaturated/α-hetero) is 1. The van der Waals surface area contributed by atoms with E-state index in [0.29, 0.717) is 24.5 Å². The molecule has 0 spiro atoms. The first kappa shape index (κ1) is 15.7.